The molecule has 2 aromatic rings. The van der Waals surface area contributed by atoms with E-state index < -0.39 is 44.0 Å². The molecule has 3 aliphatic heterocycles. The van der Waals surface area contributed by atoms with E-state index in [0.717, 1.165) is 25.7 Å². The molecule has 1 aliphatic carbocycles. The minimum Gasteiger partial charge on any atom is -0.545 e. The molecule has 6 rings (SSSR count). The Morgan fingerprint density at radius 1 is 0.824 bits per heavy atom. The Morgan fingerprint density at radius 3 is 2.24 bits per heavy atom. The van der Waals surface area contributed by atoms with Gasteiger partial charge in [-0.05, 0) is 49.1 Å². The molecule has 51 heavy (non-hydrogen) atoms. The maximum atomic E-state index is 13.7. The van der Waals surface area contributed by atoms with Gasteiger partial charge in [0.05, 0.1) is 38.3 Å². The molecule has 0 spiro atoms. The number of Topliss-reactive ketones (excluding diaryl/α,β-unsaturated/α-hetero) is 1. The highest BCUT2D eigenvalue weighted by molar-refractivity contribution is 6.17. The van der Waals surface area contributed by atoms with Gasteiger partial charge in [0.2, 0.25) is 18.4 Å². The molecule has 2 saturated heterocycles. The molecule has 0 bridgehead atoms. The number of hydrogen-bond acceptors (Lipinski definition) is 7. The van der Waals surface area contributed by atoms with Crippen molar-refractivity contribution in [3.8, 4) is 22.5 Å². The van der Waals surface area contributed by atoms with Gasteiger partial charge < -0.3 is 28.7 Å². The highest BCUT2D eigenvalue weighted by atomic mass is 35.5. The second kappa shape index (κ2) is 15.7. The molecule has 13 heteroatoms. The molecule has 8 nitrogen and oxygen atoms in total. The van der Waals surface area contributed by atoms with Gasteiger partial charge in [0.1, 0.15) is 11.3 Å². The number of hydrogen-bond donors (Lipinski definition) is 0. The molecule has 0 radical (unpaired) electrons. The zero-order valence-corrected chi connectivity index (χ0v) is 28.8. The molecule has 0 saturated carbocycles. The summed E-state index contributed by atoms with van der Waals surface area (Å²) in [5, 5.41) is 13.4. The molecule has 4 aliphatic rings. The van der Waals surface area contributed by atoms with E-state index in [1.807, 2.05) is 0 Å². The SMILES string of the molecule is O=C(CCCOCCOCCCCCCCl)c1ccc(C(=O)[O-])c(-c2c3ccc(=[N+]4CC(F)(F)C4)cc-3oc3cc(N4CC(F)(F)C4)ccc23)c1. The van der Waals surface area contributed by atoms with Crippen LogP contribution in [0.25, 0.3) is 33.4 Å². The molecule has 2 aromatic carbocycles. The molecule has 3 heterocycles. The topological polar surface area (TPSA) is 95.0 Å². The van der Waals surface area contributed by atoms with Gasteiger partial charge in [-0.2, -0.15) is 8.78 Å². The van der Waals surface area contributed by atoms with Crippen molar-refractivity contribution < 1.29 is 46.1 Å². The number of alkyl halides is 5. The lowest BCUT2D eigenvalue weighted by atomic mass is 9.88. The largest absolute Gasteiger partial charge is 0.545 e. The fraction of sp³-hybridized carbons (Fsp3) is 0.447. The van der Waals surface area contributed by atoms with Gasteiger partial charge >= 0.3 is 5.92 Å². The van der Waals surface area contributed by atoms with E-state index in [0.29, 0.717) is 66.3 Å². The van der Waals surface area contributed by atoms with Crippen molar-refractivity contribution in [1.82, 2.24) is 4.58 Å². The Labute approximate surface area is 297 Å². The van der Waals surface area contributed by atoms with E-state index in [9.17, 15) is 32.3 Å². The monoisotopic (exact) mass is 730 g/mol. The zero-order valence-electron chi connectivity index (χ0n) is 28.0. The summed E-state index contributed by atoms with van der Waals surface area (Å²) < 4.78 is 73.8. The van der Waals surface area contributed by atoms with Crippen LogP contribution < -0.4 is 19.9 Å². The van der Waals surface area contributed by atoms with E-state index in [-0.39, 0.29) is 40.2 Å². The van der Waals surface area contributed by atoms with Crippen LogP contribution in [0.1, 0.15) is 59.2 Å². The number of nitrogens with zero attached hydrogens (tertiary/aromatic N) is 2. The van der Waals surface area contributed by atoms with Crippen LogP contribution in [0.4, 0.5) is 23.2 Å². The average molecular weight is 731 g/mol. The van der Waals surface area contributed by atoms with E-state index >= 15 is 0 Å². The van der Waals surface area contributed by atoms with Crippen LogP contribution >= 0.6 is 11.6 Å². The number of fused-ring (bicyclic) bond motifs is 2. The summed E-state index contributed by atoms with van der Waals surface area (Å²) in [4.78, 5) is 27.3. The third kappa shape index (κ3) is 8.73. The van der Waals surface area contributed by atoms with Gasteiger partial charge in [0.25, 0.3) is 5.92 Å². The second-order valence-electron chi connectivity index (χ2n) is 13.2. The number of rotatable bonds is 17. The Bertz CT molecular complexity index is 1930. The first-order valence-electron chi connectivity index (χ1n) is 17.1. The third-order valence-electron chi connectivity index (χ3n) is 9.18. The molecule has 0 amide bonds. The average Bonchev–Trinajstić information content (AvgIpc) is 3.08. The maximum Gasteiger partial charge on any atom is 0.361 e. The quantitative estimate of drug-likeness (QED) is 0.0317. The van der Waals surface area contributed by atoms with Crippen molar-refractivity contribution in [2.75, 3.05) is 63.4 Å². The van der Waals surface area contributed by atoms with Crippen molar-refractivity contribution in [2.45, 2.75) is 50.4 Å². The van der Waals surface area contributed by atoms with Crippen molar-refractivity contribution in [2.24, 2.45) is 0 Å². The van der Waals surface area contributed by atoms with Crippen LogP contribution in [0.15, 0.2) is 59.0 Å². The first kappa shape index (κ1) is 36.8. The number of carbonyl (C=O) groups is 2. The van der Waals surface area contributed by atoms with Gasteiger partial charge in [-0.1, -0.05) is 25.0 Å². The second-order valence-corrected chi connectivity index (χ2v) is 13.5. The lowest BCUT2D eigenvalue weighted by Crippen LogP contribution is -2.57. The molecule has 0 unspecified atom stereocenters. The predicted molar refractivity (Wildman–Crippen MR) is 184 cm³/mol. The van der Waals surface area contributed by atoms with Gasteiger partial charge in [0.15, 0.2) is 5.78 Å². The van der Waals surface area contributed by atoms with Crippen LogP contribution in [0.5, 0.6) is 0 Å². The summed E-state index contributed by atoms with van der Waals surface area (Å²) in [6, 6.07) is 14.1. The zero-order chi connectivity index (χ0) is 36.2. The number of ether oxygens (including phenoxy) is 2. The Morgan fingerprint density at radius 2 is 1.55 bits per heavy atom. The van der Waals surface area contributed by atoms with Crippen molar-refractivity contribution in [1.29, 1.82) is 0 Å². The molecule has 272 valence electrons. The van der Waals surface area contributed by atoms with Gasteiger partial charge in [0, 0.05) is 71.0 Å². The number of benzene rings is 3. The number of carboxylic acids is 1. The number of carboxylic acid groups (broad SMARTS) is 1. The van der Waals surface area contributed by atoms with Gasteiger partial charge in [-0.25, -0.2) is 13.4 Å². The first-order valence-corrected chi connectivity index (χ1v) is 17.7. The Kier molecular flexibility index (Phi) is 11.3. The van der Waals surface area contributed by atoms with Crippen molar-refractivity contribution >= 4 is 40.0 Å². The fourth-order valence-electron chi connectivity index (χ4n) is 6.50. The molecule has 2 fully saturated rings. The van der Waals surface area contributed by atoms with Crippen molar-refractivity contribution in [3.63, 3.8) is 0 Å². The number of ketones is 1. The van der Waals surface area contributed by atoms with Crippen LogP contribution in [0, 0.1) is 0 Å². The lowest BCUT2D eigenvalue weighted by molar-refractivity contribution is -0.254. The molecule has 0 atom stereocenters. The normalized spacial score (nSPS) is 16.3. The predicted octanol–water partition coefficient (Wildman–Crippen LogP) is 6.24. The summed E-state index contributed by atoms with van der Waals surface area (Å²) in [5.74, 6) is -6.36. The molecular weight excluding hydrogens is 692 g/mol. The number of halogens is 5. The van der Waals surface area contributed by atoms with Gasteiger partial charge in [-0.3, -0.25) is 4.79 Å². The van der Waals surface area contributed by atoms with Crippen LogP contribution in [0.3, 0.4) is 0 Å². The lowest BCUT2D eigenvalue weighted by Gasteiger charge is -2.40. The van der Waals surface area contributed by atoms with E-state index in [2.05, 4.69) is 0 Å². The highest BCUT2D eigenvalue weighted by Gasteiger charge is 2.50. The minimum absolute atomic E-state index is 0.158. The van der Waals surface area contributed by atoms with Gasteiger partial charge in [-0.15, -0.1) is 11.6 Å². The number of unbranched alkanes of at least 4 members (excludes halogenated alkanes) is 3. The Hall–Kier alpha value is -4.00. The molecular formula is C38H39ClF4N2O6. The van der Waals surface area contributed by atoms with Crippen LogP contribution in [0.2, 0.25) is 0 Å². The molecule has 0 aromatic heterocycles. The van der Waals surface area contributed by atoms with Crippen molar-refractivity contribution in [3.05, 3.63) is 71.1 Å². The highest BCUT2D eigenvalue weighted by Crippen LogP contribution is 2.43. The van der Waals surface area contributed by atoms with E-state index in [1.165, 1.54) is 27.7 Å². The standard InChI is InChI=1S/C38H39ClF4N2O6/c39-13-3-1-2-4-14-49-16-17-50-15-5-6-32(46)25-7-10-28(36(47)48)31(18-25)35-29-11-8-26(44-21-37(40,41)22-44)19-33(29)51-34-20-27(9-12-30(34)35)45-23-38(42,43)24-45/h7-12,18-20H,1-6,13-17,21-24H2. The number of anilines is 1. The van der Waals surface area contributed by atoms with E-state index in [4.69, 9.17) is 25.5 Å². The summed E-state index contributed by atoms with van der Waals surface area (Å²) in [6.45, 7) is 0.0375. The van der Waals surface area contributed by atoms with Crippen LogP contribution in [-0.4, -0.2) is 82.1 Å². The summed E-state index contributed by atoms with van der Waals surface area (Å²) in [5.41, 5.74) is 1.97. The third-order valence-corrected chi connectivity index (χ3v) is 9.44. The van der Waals surface area contributed by atoms with Crippen LogP contribution in [-0.2, 0) is 9.47 Å². The first-order chi connectivity index (χ1) is 24.4. The Balaban J connectivity index is 1.25. The maximum absolute atomic E-state index is 13.7. The smallest absolute Gasteiger partial charge is 0.361 e. The number of aromatic carboxylic acids is 1. The fourth-order valence-corrected chi connectivity index (χ4v) is 6.69. The molecule has 0 N–H and O–H groups in total. The number of carbonyl (C=O) groups excluding carboxylic acids is 2. The summed E-state index contributed by atoms with van der Waals surface area (Å²) in [7, 11) is 0. The minimum atomic E-state index is -2.81. The van der Waals surface area contributed by atoms with E-state index in [1.54, 1.807) is 36.4 Å². The summed E-state index contributed by atoms with van der Waals surface area (Å²) >= 11 is 5.68. The summed E-state index contributed by atoms with van der Waals surface area (Å²) in [6.07, 6.45) is 4.73.